The van der Waals surface area contributed by atoms with E-state index in [2.05, 4.69) is 4.74 Å². The first-order valence-corrected chi connectivity index (χ1v) is 7.05. The van der Waals surface area contributed by atoms with E-state index in [1.165, 1.54) is 7.11 Å². The second-order valence-electron chi connectivity index (χ2n) is 3.99. The number of hydrogen-bond acceptors (Lipinski definition) is 5. The Labute approximate surface area is 95.1 Å². The van der Waals surface area contributed by atoms with E-state index in [4.69, 9.17) is 0 Å². The van der Waals surface area contributed by atoms with Crippen LogP contribution in [0.5, 0.6) is 0 Å². The summed E-state index contributed by atoms with van der Waals surface area (Å²) in [7, 11) is -1.86. The molecule has 1 rings (SSSR count). The molecule has 1 fully saturated rings. The van der Waals surface area contributed by atoms with Crippen molar-refractivity contribution in [3.05, 3.63) is 0 Å². The van der Waals surface area contributed by atoms with Gasteiger partial charge in [0.2, 0.25) is 0 Å². The van der Waals surface area contributed by atoms with Crippen LogP contribution in [0.25, 0.3) is 0 Å². The molecule has 0 spiro atoms. The molecule has 0 amide bonds. The molecule has 0 aromatic heterocycles. The number of esters is 1. The summed E-state index contributed by atoms with van der Waals surface area (Å²) in [6.07, 6.45) is 0.677. The van der Waals surface area contributed by atoms with Crippen LogP contribution in [0.1, 0.15) is 19.8 Å². The summed E-state index contributed by atoms with van der Waals surface area (Å²) in [6.45, 7) is 1.71. The minimum atomic E-state index is -3.09. The lowest BCUT2D eigenvalue weighted by Gasteiger charge is -2.14. The zero-order valence-electron chi connectivity index (χ0n) is 9.43. The van der Waals surface area contributed by atoms with E-state index in [0.29, 0.717) is 12.8 Å². The Morgan fingerprint density at radius 3 is 2.44 bits per heavy atom. The van der Waals surface area contributed by atoms with Gasteiger partial charge in [-0.3, -0.25) is 9.59 Å². The number of ether oxygens (including phenoxy) is 1. The van der Waals surface area contributed by atoms with Crippen molar-refractivity contribution in [1.82, 2.24) is 0 Å². The van der Waals surface area contributed by atoms with Gasteiger partial charge >= 0.3 is 5.97 Å². The summed E-state index contributed by atoms with van der Waals surface area (Å²) in [5.41, 5.74) is 0. The number of hydrogen-bond donors (Lipinski definition) is 0. The predicted molar refractivity (Wildman–Crippen MR) is 57.6 cm³/mol. The van der Waals surface area contributed by atoms with E-state index in [1.807, 2.05) is 0 Å². The molecule has 1 saturated heterocycles. The standard InChI is InChI=1S/C10H16O5S/c1-3-8(10(12)15-2)9(11)7-4-5-16(13,14)6-7/h7-8H,3-6H2,1-2H3. The van der Waals surface area contributed by atoms with Crippen molar-refractivity contribution in [2.24, 2.45) is 11.8 Å². The highest BCUT2D eigenvalue weighted by Gasteiger charge is 2.38. The van der Waals surface area contributed by atoms with Crippen molar-refractivity contribution in [2.75, 3.05) is 18.6 Å². The molecule has 0 radical (unpaired) electrons. The zero-order valence-corrected chi connectivity index (χ0v) is 10.2. The number of Topliss-reactive ketones (excluding diaryl/α,β-unsaturated/α-hetero) is 1. The average molecular weight is 248 g/mol. The molecular weight excluding hydrogens is 232 g/mol. The van der Waals surface area contributed by atoms with Crippen molar-refractivity contribution in [1.29, 1.82) is 0 Å². The molecule has 0 aliphatic carbocycles. The van der Waals surface area contributed by atoms with Crippen LogP contribution < -0.4 is 0 Å². The van der Waals surface area contributed by atoms with E-state index in [0.717, 1.165) is 0 Å². The molecule has 2 unspecified atom stereocenters. The van der Waals surface area contributed by atoms with Crippen molar-refractivity contribution in [3.8, 4) is 0 Å². The van der Waals surface area contributed by atoms with Gasteiger partial charge in [0, 0.05) is 5.92 Å². The van der Waals surface area contributed by atoms with Crippen LogP contribution in [0.15, 0.2) is 0 Å². The van der Waals surface area contributed by atoms with Crippen molar-refractivity contribution in [2.45, 2.75) is 19.8 Å². The van der Waals surface area contributed by atoms with E-state index >= 15 is 0 Å². The first-order valence-electron chi connectivity index (χ1n) is 5.23. The quantitative estimate of drug-likeness (QED) is 0.524. The van der Waals surface area contributed by atoms with Crippen LogP contribution in [-0.2, 0) is 24.2 Å². The number of sulfone groups is 1. The van der Waals surface area contributed by atoms with Gasteiger partial charge < -0.3 is 4.74 Å². The van der Waals surface area contributed by atoms with Gasteiger partial charge in [0.25, 0.3) is 0 Å². The highest BCUT2D eigenvalue weighted by Crippen LogP contribution is 2.24. The molecule has 1 aliphatic heterocycles. The van der Waals surface area contributed by atoms with Crippen molar-refractivity contribution in [3.63, 3.8) is 0 Å². The highest BCUT2D eigenvalue weighted by molar-refractivity contribution is 7.91. The van der Waals surface area contributed by atoms with Gasteiger partial charge in [-0.05, 0) is 12.8 Å². The van der Waals surface area contributed by atoms with Crippen LogP contribution in [0.3, 0.4) is 0 Å². The summed E-state index contributed by atoms with van der Waals surface area (Å²) >= 11 is 0. The van der Waals surface area contributed by atoms with Gasteiger partial charge in [0.15, 0.2) is 15.6 Å². The lowest BCUT2D eigenvalue weighted by Crippen LogP contribution is -2.31. The van der Waals surface area contributed by atoms with Gasteiger partial charge in [0.1, 0.15) is 5.92 Å². The normalized spacial score (nSPS) is 25.0. The molecule has 6 heteroatoms. The number of carbonyl (C=O) groups is 2. The molecule has 16 heavy (non-hydrogen) atoms. The van der Waals surface area contributed by atoms with Crippen molar-refractivity contribution >= 4 is 21.6 Å². The molecule has 0 aromatic carbocycles. The summed E-state index contributed by atoms with van der Waals surface area (Å²) in [5.74, 6) is -2.30. The molecule has 0 aromatic rings. The number of rotatable bonds is 4. The zero-order chi connectivity index (χ0) is 12.3. The fourth-order valence-corrected chi connectivity index (χ4v) is 3.68. The number of carbonyl (C=O) groups excluding carboxylic acids is 2. The lowest BCUT2D eigenvalue weighted by molar-refractivity contribution is -0.150. The van der Waals surface area contributed by atoms with Gasteiger partial charge in [-0.2, -0.15) is 0 Å². The summed E-state index contributed by atoms with van der Waals surface area (Å²) < 4.78 is 27.0. The Balaban J connectivity index is 2.74. The molecule has 1 heterocycles. The fourth-order valence-electron chi connectivity index (χ4n) is 1.93. The van der Waals surface area contributed by atoms with Gasteiger partial charge in [0.05, 0.1) is 18.6 Å². The maximum Gasteiger partial charge on any atom is 0.316 e. The molecule has 0 N–H and O–H groups in total. The maximum atomic E-state index is 11.9. The monoisotopic (exact) mass is 248 g/mol. The van der Waals surface area contributed by atoms with Crippen LogP contribution in [0, 0.1) is 11.8 Å². The maximum absolute atomic E-state index is 11.9. The molecule has 0 saturated carbocycles. The molecule has 1 aliphatic rings. The third kappa shape index (κ3) is 2.81. The first kappa shape index (κ1) is 13.2. The second kappa shape index (κ2) is 4.95. The molecular formula is C10H16O5S. The van der Waals surface area contributed by atoms with Crippen molar-refractivity contribution < 1.29 is 22.7 Å². The Morgan fingerprint density at radius 2 is 2.06 bits per heavy atom. The minimum absolute atomic E-state index is 0.0427. The molecule has 92 valence electrons. The smallest absolute Gasteiger partial charge is 0.316 e. The topological polar surface area (TPSA) is 77.5 Å². The van der Waals surface area contributed by atoms with E-state index < -0.39 is 27.6 Å². The average Bonchev–Trinajstić information content (AvgIpc) is 2.59. The lowest BCUT2D eigenvalue weighted by atomic mass is 9.90. The van der Waals surface area contributed by atoms with Gasteiger partial charge in [-0.1, -0.05) is 6.92 Å². The summed E-state index contributed by atoms with van der Waals surface area (Å²) in [6, 6.07) is 0. The van der Waals surface area contributed by atoms with Gasteiger partial charge in [-0.15, -0.1) is 0 Å². The predicted octanol–water partition coefficient (Wildman–Crippen LogP) is 0.189. The van der Waals surface area contributed by atoms with E-state index in [1.54, 1.807) is 6.92 Å². The fraction of sp³-hybridized carbons (Fsp3) is 0.800. The molecule has 2 atom stereocenters. The summed E-state index contributed by atoms with van der Waals surface area (Å²) in [5, 5.41) is 0. The second-order valence-corrected chi connectivity index (χ2v) is 6.22. The summed E-state index contributed by atoms with van der Waals surface area (Å²) in [4.78, 5) is 23.2. The van der Waals surface area contributed by atoms with Crippen LogP contribution >= 0.6 is 0 Å². The molecule has 5 nitrogen and oxygen atoms in total. The van der Waals surface area contributed by atoms with Gasteiger partial charge in [-0.25, -0.2) is 8.42 Å². The third-order valence-corrected chi connectivity index (χ3v) is 4.64. The van der Waals surface area contributed by atoms with E-state index in [9.17, 15) is 18.0 Å². The van der Waals surface area contributed by atoms with Crippen LogP contribution in [0.4, 0.5) is 0 Å². The largest absolute Gasteiger partial charge is 0.468 e. The third-order valence-electron chi connectivity index (χ3n) is 2.87. The van der Waals surface area contributed by atoms with Crippen LogP contribution in [-0.4, -0.2) is 38.8 Å². The number of methoxy groups -OCH3 is 1. The highest BCUT2D eigenvalue weighted by atomic mass is 32.2. The van der Waals surface area contributed by atoms with Crippen LogP contribution in [0.2, 0.25) is 0 Å². The minimum Gasteiger partial charge on any atom is -0.468 e. The Bertz CT molecular complexity index is 384. The Morgan fingerprint density at radius 1 is 1.44 bits per heavy atom. The number of ketones is 1. The first-order chi connectivity index (χ1) is 7.41. The molecule has 0 bridgehead atoms. The van der Waals surface area contributed by atoms with E-state index in [-0.39, 0.29) is 17.3 Å². The SMILES string of the molecule is CCC(C(=O)OC)C(=O)C1CCS(=O)(=O)C1. The Kier molecular flexibility index (Phi) is 4.07. The Hall–Kier alpha value is -0.910.